The molecule has 11 nitrogen and oxygen atoms in total. The molecule has 208 valence electrons. The maximum atomic E-state index is 12.8. The van der Waals surface area contributed by atoms with Crippen LogP contribution in [-0.2, 0) is 24.8 Å². The van der Waals surface area contributed by atoms with Gasteiger partial charge in [-0.1, -0.05) is 6.42 Å². The standard InChI is InChI=1S/C25H33N3O8S2/c1-19(28(37(2,30)31)20-6-11-23-24(18-20)36-17-16-35-23)25(29)26-12-15-34-21-7-9-22(10-8-21)38(32,33)27-13-4-3-5-14-27/h6-11,18-19H,3-5,12-17H2,1-2H3,(H,26,29)/t19-/m1/s1. The van der Waals surface area contributed by atoms with E-state index in [0.29, 0.717) is 43.6 Å². The van der Waals surface area contributed by atoms with Gasteiger partial charge in [0.25, 0.3) is 0 Å². The molecule has 38 heavy (non-hydrogen) atoms. The topological polar surface area (TPSA) is 132 Å². The van der Waals surface area contributed by atoms with Gasteiger partial charge in [0.1, 0.15) is 31.6 Å². The van der Waals surface area contributed by atoms with Crippen LogP contribution < -0.4 is 23.8 Å². The van der Waals surface area contributed by atoms with Crippen molar-refractivity contribution in [3.8, 4) is 17.2 Å². The number of nitrogens with one attached hydrogen (secondary N) is 1. The number of fused-ring (bicyclic) bond motifs is 1. The highest BCUT2D eigenvalue weighted by Crippen LogP contribution is 2.35. The van der Waals surface area contributed by atoms with Gasteiger partial charge in [0, 0.05) is 19.2 Å². The average Bonchev–Trinajstić information content (AvgIpc) is 2.91. The smallest absolute Gasteiger partial charge is 0.243 e. The van der Waals surface area contributed by atoms with Crippen LogP contribution in [0.5, 0.6) is 17.2 Å². The Kier molecular flexibility index (Phi) is 8.68. The Hall–Kier alpha value is -3.03. The van der Waals surface area contributed by atoms with Crippen molar-refractivity contribution in [3.63, 3.8) is 0 Å². The van der Waals surface area contributed by atoms with Gasteiger partial charge < -0.3 is 19.5 Å². The summed E-state index contributed by atoms with van der Waals surface area (Å²) in [6.45, 7) is 3.55. The van der Waals surface area contributed by atoms with E-state index in [9.17, 15) is 21.6 Å². The van der Waals surface area contributed by atoms with Crippen molar-refractivity contribution in [1.82, 2.24) is 9.62 Å². The number of anilines is 1. The molecule has 1 atom stereocenters. The van der Waals surface area contributed by atoms with Crippen LogP contribution in [0.1, 0.15) is 26.2 Å². The van der Waals surface area contributed by atoms with Crippen molar-refractivity contribution in [1.29, 1.82) is 0 Å². The zero-order chi connectivity index (χ0) is 27.3. The third kappa shape index (κ3) is 6.51. The minimum Gasteiger partial charge on any atom is -0.492 e. The Morgan fingerprint density at radius 3 is 2.32 bits per heavy atom. The molecule has 13 heteroatoms. The van der Waals surface area contributed by atoms with Crippen LogP contribution in [0, 0.1) is 0 Å². The number of benzene rings is 2. The fourth-order valence-corrected chi connectivity index (χ4v) is 7.11. The molecular weight excluding hydrogens is 534 g/mol. The van der Waals surface area contributed by atoms with Gasteiger partial charge in [0.05, 0.1) is 23.4 Å². The summed E-state index contributed by atoms with van der Waals surface area (Å²) >= 11 is 0. The largest absolute Gasteiger partial charge is 0.492 e. The van der Waals surface area contributed by atoms with Gasteiger partial charge in [-0.3, -0.25) is 9.10 Å². The summed E-state index contributed by atoms with van der Waals surface area (Å²) in [5.41, 5.74) is 0.287. The first-order valence-electron chi connectivity index (χ1n) is 12.5. The molecule has 0 aliphatic carbocycles. The molecule has 1 N–H and O–H groups in total. The molecule has 1 fully saturated rings. The lowest BCUT2D eigenvalue weighted by Crippen LogP contribution is -2.48. The van der Waals surface area contributed by atoms with Gasteiger partial charge >= 0.3 is 0 Å². The van der Waals surface area contributed by atoms with E-state index in [1.165, 1.54) is 29.4 Å². The Bertz CT molecular complexity index is 1340. The summed E-state index contributed by atoms with van der Waals surface area (Å²) in [5.74, 6) is 0.883. The number of carbonyl (C=O) groups excluding carboxylic acids is 1. The lowest BCUT2D eigenvalue weighted by Gasteiger charge is -2.29. The second-order valence-electron chi connectivity index (χ2n) is 9.14. The number of hydrogen-bond acceptors (Lipinski definition) is 8. The molecule has 2 aliphatic heterocycles. The molecule has 1 amide bonds. The predicted molar refractivity (Wildman–Crippen MR) is 142 cm³/mol. The molecule has 2 aromatic rings. The number of carbonyl (C=O) groups is 1. The van der Waals surface area contributed by atoms with E-state index in [-0.39, 0.29) is 23.7 Å². The van der Waals surface area contributed by atoms with Crippen molar-refractivity contribution in [2.75, 3.05) is 50.0 Å². The van der Waals surface area contributed by atoms with Crippen molar-refractivity contribution >= 4 is 31.6 Å². The molecule has 1 saturated heterocycles. The molecule has 0 bridgehead atoms. The lowest BCUT2D eigenvalue weighted by molar-refractivity contribution is -0.121. The monoisotopic (exact) mass is 567 g/mol. The van der Waals surface area contributed by atoms with E-state index in [4.69, 9.17) is 14.2 Å². The quantitative estimate of drug-likeness (QED) is 0.431. The molecule has 0 saturated carbocycles. The van der Waals surface area contributed by atoms with Gasteiger partial charge in [-0.05, 0) is 56.2 Å². The van der Waals surface area contributed by atoms with Crippen LogP contribution in [-0.4, -0.2) is 78.8 Å². The van der Waals surface area contributed by atoms with E-state index in [1.54, 1.807) is 24.3 Å². The maximum absolute atomic E-state index is 12.8. The number of piperidine rings is 1. The summed E-state index contributed by atoms with van der Waals surface area (Å²) in [7, 11) is -7.32. The normalized spacial score (nSPS) is 16.9. The zero-order valence-electron chi connectivity index (χ0n) is 21.5. The first kappa shape index (κ1) is 28.0. The summed E-state index contributed by atoms with van der Waals surface area (Å²) in [6.07, 6.45) is 3.80. The second-order valence-corrected chi connectivity index (χ2v) is 12.9. The Morgan fingerprint density at radius 1 is 1.00 bits per heavy atom. The number of nitrogens with zero attached hydrogens (tertiary/aromatic N) is 2. The van der Waals surface area contributed by atoms with E-state index in [2.05, 4.69) is 5.32 Å². The van der Waals surface area contributed by atoms with Crippen LogP contribution in [0.4, 0.5) is 5.69 Å². The van der Waals surface area contributed by atoms with Crippen LogP contribution in [0.2, 0.25) is 0 Å². The van der Waals surface area contributed by atoms with Crippen LogP contribution in [0.3, 0.4) is 0 Å². The Morgan fingerprint density at radius 2 is 1.66 bits per heavy atom. The van der Waals surface area contributed by atoms with Crippen molar-refractivity contribution in [2.45, 2.75) is 37.1 Å². The van der Waals surface area contributed by atoms with Crippen LogP contribution >= 0.6 is 0 Å². The Labute approximate surface area is 223 Å². The molecule has 2 heterocycles. The zero-order valence-corrected chi connectivity index (χ0v) is 23.1. The minimum absolute atomic E-state index is 0.111. The Balaban J connectivity index is 1.32. The number of hydrogen-bond donors (Lipinski definition) is 1. The molecule has 0 spiro atoms. The highest BCUT2D eigenvalue weighted by molar-refractivity contribution is 7.92. The number of rotatable bonds is 10. The van der Waals surface area contributed by atoms with Gasteiger partial charge in [-0.25, -0.2) is 16.8 Å². The third-order valence-electron chi connectivity index (χ3n) is 6.32. The minimum atomic E-state index is -3.79. The molecule has 4 rings (SSSR count). The number of ether oxygens (including phenoxy) is 3. The van der Waals surface area contributed by atoms with Gasteiger partial charge in [-0.2, -0.15) is 4.31 Å². The van der Waals surface area contributed by atoms with Crippen molar-refractivity contribution < 1.29 is 35.8 Å². The first-order chi connectivity index (χ1) is 18.1. The first-order valence-corrected chi connectivity index (χ1v) is 15.8. The number of sulfonamides is 2. The number of amides is 1. The van der Waals surface area contributed by atoms with E-state index < -0.39 is 32.0 Å². The molecular formula is C25H33N3O8S2. The van der Waals surface area contributed by atoms with Crippen molar-refractivity contribution in [2.24, 2.45) is 0 Å². The van der Waals surface area contributed by atoms with Gasteiger partial charge in [-0.15, -0.1) is 0 Å². The summed E-state index contributed by atoms with van der Waals surface area (Å²) in [5, 5.41) is 2.69. The summed E-state index contributed by atoms with van der Waals surface area (Å²) < 4.78 is 69.9. The highest BCUT2D eigenvalue weighted by Gasteiger charge is 2.30. The molecule has 0 radical (unpaired) electrons. The highest BCUT2D eigenvalue weighted by atomic mass is 32.2. The van der Waals surface area contributed by atoms with Gasteiger partial charge in [0.15, 0.2) is 11.5 Å². The van der Waals surface area contributed by atoms with Gasteiger partial charge in [0.2, 0.25) is 26.0 Å². The molecule has 0 aromatic heterocycles. The van der Waals surface area contributed by atoms with Crippen LogP contribution in [0.25, 0.3) is 0 Å². The summed E-state index contributed by atoms with van der Waals surface area (Å²) in [6, 6.07) is 9.86. The molecule has 2 aromatic carbocycles. The average molecular weight is 568 g/mol. The predicted octanol–water partition coefficient (Wildman–Crippen LogP) is 1.98. The van der Waals surface area contributed by atoms with E-state index in [0.717, 1.165) is 29.8 Å². The lowest BCUT2D eigenvalue weighted by atomic mass is 10.2. The second kappa shape index (κ2) is 11.8. The van der Waals surface area contributed by atoms with E-state index >= 15 is 0 Å². The van der Waals surface area contributed by atoms with Crippen molar-refractivity contribution in [3.05, 3.63) is 42.5 Å². The van der Waals surface area contributed by atoms with E-state index in [1.807, 2.05) is 0 Å². The third-order valence-corrected chi connectivity index (χ3v) is 9.47. The molecule has 0 unspecified atom stereocenters. The fraction of sp³-hybridized carbons (Fsp3) is 0.480. The molecule has 2 aliphatic rings. The van der Waals surface area contributed by atoms with Crippen LogP contribution in [0.15, 0.2) is 47.4 Å². The summed E-state index contributed by atoms with van der Waals surface area (Å²) in [4.78, 5) is 13.0. The maximum Gasteiger partial charge on any atom is 0.243 e. The fourth-order valence-electron chi connectivity index (χ4n) is 4.43. The SMILES string of the molecule is C[C@H](C(=O)NCCOc1ccc(S(=O)(=O)N2CCCCC2)cc1)N(c1ccc2c(c1)OCCO2)S(C)(=O)=O.